The van der Waals surface area contributed by atoms with E-state index in [0.717, 1.165) is 79.5 Å². The highest BCUT2D eigenvalue weighted by atomic mass is 32.1. The first-order chi connectivity index (χ1) is 19.8. The van der Waals surface area contributed by atoms with Crippen LogP contribution in [0, 0.1) is 12.8 Å². The summed E-state index contributed by atoms with van der Waals surface area (Å²) in [5.41, 5.74) is 2.30. The lowest BCUT2D eigenvalue weighted by atomic mass is 9.83. The van der Waals surface area contributed by atoms with Gasteiger partial charge in [0.2, 0.25) is 5.91 Å². The molecule has 1 N–H and O–H groups in total. The molecule has 4 aliphatic rings. The fourth-order valence-corrected chi connectivity index (χ4v) is 7.62. The second-order valence-electron chi connectivity index (χ2n) is 11.8. The van der Waals surface area contributed by atoms with E-state index in [1.807, 2.05) is 12.1 Å². The molecule has 220 valence electrons. The number of benzene rings is 1. The van der Waals surface area contributed by atoms with Crippen molar-refractivity contribution in [3.63, 3.8) is 0 Å². The maximum Gasteiger partial charge on any atom is 0.251 e. The molecule has 11 heteroatoms. The Hall–Kier alpha value is -2.89. The number of piperazine rings is 1. The Labute approximate surface area is 244 Å². The molecule has 0 unspecified atom stereocenters. The lowest BCUT2D eigenvalue weighted by Crippen LogP contribution is -2.55. The van der Waals surface area contributed by atoms with E-state index >= 15 is 0 Å². The Kier molecular flexibility index (Phi) is 8.11. The molecule has 1 aromatic carbocycles. The lowest BCUT2D eigenvalue weighted by molar-refractivity contribution is -0.139. The largest absolute Gasteiger partial charge is 0.365 e. The molecule has 1 aromatic heterocycles. The Bertz CT molecular complexity index is 1290. The van der Waals surface area contributed by atoms with Crippen LogP contribution in [0.15, 0.2) is 24.3 Å². The van der Waals surface area contributed by atoms with E-state index in [1.54, 1.807) is 23.5 Å². The van der Waals surface area contributed by atoms with E-state index in [9.17, 15) is 18.8 Å². The highest BCUT2D eigenvalue weighted by molar-refractivity contribution is 7.16. The van der Waals surface area contributed by atoms with Crippen molar-refractivity contribution in [2.24, 2.45) is 5.92 Å². The Morgan fingerprint density at radius 2 is 1.80 bits per heavy atom. The number of hydrogen-bond acceptors (Lipinski definition) is 8. The van der Waals surface area contributed by atoms with E-state index in [4.69, 9.17) is 9.72 Å². The molecule has 2 amide bonds. The van der Waals surface area contributed by atoms with E-state index < -0.39 is 24.4 Å². The number of ketones is 1. The Balaban J connectivity index is 1.18. The first-order valence-electron chi connectivity index (χ1n) is 14.7. The average Bonchev–Trinajstić information content (AvgIpc) is 3.67. The maximum absolute atomic E-state index is 14.7. The van der Waals surface area contributed by atoms with Crippen LogP contribution >= 0.6 is 11.3 Å². The van der Waals surface area contributed by atoms with Crippen LogP contribution in [-0.2, 0) is 14.3 Å². The molecular weight excluding hydrogens is 545 g/mol. The number of rotatable bonds is 6. The van der Waals surface area contributed by atoms with E-state index in [1.165, 1.54) is 4.90 Å². The third-order valence-electron chi connectivity index (χ3n) is 9.06. The van der Waals surface area contributed by atoms with Crippen molar-refractivity contribution in [3.8, 4) is 11.3 Å². The van der Waals surface area contributed by atoms with Crippen LogP contribution in [0.5, 0.6) is 0 Å². The molecule has 1 saturated carbocycles. The van der Waals surface area contributed by atoms with Crippen molar-refractivity contribution in [2.75, 3.05) is 51.3 Å². The van der Waals surface area contributed by atoms with E-state index in [-0.39, 0.29) is 36.7 Å². The van der Waals surface area contributed by atoms with Gasteiger partial charge in [0.15, 0.2) is 10.9 Å². The summed E-state index contributed by atoms with van der Waals surface area (Å²) >= 11 is 1.69. The van der Waals surface area contributed by atoms with Gasteiger partial charge < -0.3 is 24.8 Å². The molecule has 4 heterocycles. The number of thiazole rings is 1. The molecule has 2 aromatic rings. The van der Waals surface area contributed by atoms with Gasteiger partial charge in [0.05, 0.1) is 12.2 Å². The van der Waals surface area contributed by atoms with Gasteiger partial charge in [-0.05, 0) is 44.9 Å². The minimum atomic E-state index is -1.41. The molecule has 3 saturated heterocycles. The predicted molar refractivity (Wildman–Crippen MR) is 155 cm³/mol. The van der Waals surface area contributed by atoms with E-state index in [0.29, 0.717) is 5.56 Å². The van der Waals surface area contributed by atoms with Gasteiger partial charge in [-0.15, -0.1) is 11.3 Å². The van der Waals surface area contributed by atoms with Gasteiger partial charge in [-0.2, -0.15) is 0 Å². The molecule has 0 bridgehead atoms. The molecule has 1 aliphatic carbocycles. The SMILES string of the molecule is Cc1sc(N2CCN(C)CC2)nc1-c1ccc(C(=O)N[C@H](C(=O)N2C[C@H](F)[C@H]3OCC(=O)[C@H]32)C2CCCCC2)cc1. The van der Waals surface area contributed by atoms with Crippen LogP contribution < -0.4 is 10.2 Å². The molecule has 6 rings (SSSR count). The zero-order valence-electron chi connectivity index (χ0n) is 23.7. The van der Waals surface area contributed by atoms with Gasteiger partial charge in [-0.25, -0.2) is 9.37 Å². The second-order valence-corrected chi connectivity index (χ2v) is 13.0. The van der Waals surface area contributed by atoms with Gasteiger partial charge in [0.25, 0.3) is 5.91 Å². The average molecular weight is 584 g/mol. The highest BCUT2D eigenvalue weighted by Gasteiger charge is 2.54. The van der Waals surface area contributed by atoms with Crippen LogP contribution in [0.3, 0.4) is 0 Å². The maximum atomic E-state index is 14.7. The van der Waals surface area contributed by atoms with Crippen LogP contribution in [0.1, 0.15) is 47.3 Å². The van der Waals surface area contributed by atoms with Gasteiger partial charge in [-0.1, -0.05) is 31.4 Å². The van der Waals surface area contributed by atoms with Crippen molar-refractivity contribution in [1.82, 2.24) is 20.1 Å². The summed E-state index contributed by atoms with van der Waals surface area (Å²) in [6, 6.07) is 5.61. The number of carbonyl (C=O) groups is 3. The summed E-state index contributed by atoms with van der Waals surface area (Å²) in [6.45, 7) is 5.64. The fourth-order valence-electron chi connectivity index (χ4n) is 6.64. The predicted octanol–water partition coefficient (Wildman–Crippen LogP) is 3.07. The van der Waals surface area contributed by atoms with Gasteiger partial charge >= 0.3 is 0 Å². The van der Waals surface area contributed by atoms with Gasteiger partial charge in [0, 0.05) is 42.2 Å². The molecule has 4 atom stereocenters. The molecule has 9 nitrogen and oxygen atoms in total. The monoisotopic (exact) mass is 583 g/mol. The third kappa shape index (κ3) is 5.63. The number of carbonyl (C=O) groups excluding carboxylic acids is 3. The number of hydrogen-bond donors (Lipinski definition) is 1. The third-order valence-corrected chi connectivity index (χ3v) is 10.1. The van der Waals surface area contributed by atoms with E-state index in [2.05, 4.69) is 29.1 Å². The summed E-state index contributed by atoms with van der Waals surface area (Å²) in [6.07, 6.45) is 2.33. The number of anilines is 1. The minimum Gasteiger partial charge on any atom is -0.365 e. The van der Waals surface area contributed by atoms with Crippen molar-refractivity contribution in [3.05, 3.63) is 34.7 Å². The zero-order chi connectivity index (χ0) is 28.7. The topological polar surface area (TPSA) is 95.1 Å². The number of nitrogens with zero attached hydrogens (tertiary/aromatic N) is 4. The summed E-state index contributed by atoms with van der Waals surface area (Å²) < 4.78 is 20.0. The summed E-state index contributed by atoms with van der Waals surface area (Å²) in [7, 11) is 2.13. The number of likely N-dealkylation sites (N-methyl/N-ethyl adjacent to an activating group) is 1. The Morgan fingerprint density at radius 3 is 2.51 bits per heavy atom. The number of aryl methyl sites for hydroxylation is 1. The minimum absolute atomic E-state index is 0.0559. The van der Waals surface area contributed by atoms with Crippen molar-refractivity contribution in [1.29, 1.82) is 0 Å². The second kappa shape index (κ2) is 11.8. The number of nitrogens with one attached hydrogen (secondary N) is 1. The van der Waals surface area contributed by atoms with Crippen LogP contribution in [0.4, 0.5) is 9.52 Å². The van der Waals surface area contributed by atoms with Crippen LogP contribution in [-0.4, -0.2) is 103 Å². The summed E-state index contributed by atoms with van der Waals surface area (Å²) in [5, 5.41) is 4.00. The number of Topliss-reactive ketones (excluding diaryl/α,β-unsaturated/α-hetero) is 1. The van der Waals surface area contributed by atoms with Crippen molar-refractivity contribution in [2.45, 2.75) is 63.4 Å². The number of halogens is 1. The number of ether oxygens (including phenoxy) is 1. The van der Waals surface area contributed by atoms with Crippen molar-refractivity contribution < 1.29 is 23.5 Å². The van der Waals surface area contributed by atoms with Crippen LogP contribution in [0.25, 0.3) is 11.3 Å². The fraction of sp³-hybridized carbons (Fsp3) is 0.600. The number of alkyl halides is 1. The normalized spacial score (nSPS) is 26.3. The quantitative estimate of drug-likeness (QED) is 0.559. The zero-order valence-corrected chi connectivity index (χ0v) is 24.5. The smallest absolute Gasteiger partial charge is 0.251 e. The number of likely N-dealkylation sites (tertiary alicyclic amines) is 1. The number of amides is 2. The van der Waals surface area contributed by atoms with Crippen LogP contribution in [0.2, 0.25) is 0 Å². The number of aromatic nitrogens is 1. The molecule has 0 radical (unpaired) electrons. The summed E-state index contributed by atoms with van der Waals surface area (Å²) in [5.74, 6) is -1.07. The van der Waals surface area contributed by atoms with Crippen molar-refractivity contribution >= 4 is 34.1 Å². The molecular formula is C30H38FN5O4S. The number of fused-ring (bicyclic) bond motifs is 1. The summed E-state index contributed by atoms with van der Waals surface area (Å²) in [4.78, 5) is 51.7. The molecule has 3 aliphatic heterocycles. The first-order valence-corrected chi connectivity index (χ1v) is 15.5. The van der Waals surface area contributed by atoms with Gasteiger partial charge in [-0.3, -0.25) is 14.4 Å². The van der Waals surface area contributed by atoms with Gasteiger partial charge in [0.1, 0.15) is 31.0 Å². The molecule has 4 fully saturated rings. The highest BCUT2D eigenvalue weighted by Crippen LogP contribution is 2.35. The molecule has 41 heavy (non-hydrogen) atoms. The lowest BCUT2D eigenvalue weighted by Gasteiger charge is -2.34. The Morgan fingerprint density at radius 1 is 1.10 bits per heavy atom. The first kappa shape index (κ1) is 28.2. The standard InChI is InChI=1S/C30H38FN5O4S/c1-18-24(33-30(41-18)35-14-12-34(2)13-15-35)20-8-10-21(11-9-20)28(38)32-25(19-6-4-3-5-7-19)29(39)36-16-22(31)27-26(36)23(37)17-40-27/h8-11,19,22,25-27H,3-7,12-17H2,1-2H3,(H,32,38)/t22-,25-,26+,27+/m0/s1. The molecule has 0 spiro atoms.